The van der Waals surface area contributed by atoms with Crippen molar-refractivity contribution in [2.75, 3.05) is 0 Å². The molecule has 0 saturated heterocycles. The van der Waals surface area contributed by atoms with E-state index in [1.807, 2.05) is 0 Å². The Hall–Kier alpha value is -1.74. The van der Waals surface area contributed by atoms with E-state index in [-0.39, 0.29) is 31.0 Å². The van der Waals surface area contributed by atoms with E-state index >= 15 is 0 Å². The van der Waals surface area contributed by atoms with Gasteiger partial charge in [-0.05, 0) is 25.0 Å². The predicted molar refractivity (Wildman–Crippen MR) is 124 cm³/mol. The molecule has 0 N–H and O–H groups in total. The van der Waals surface area contributed by atoms with E-state index in [4.69, 9.17) is 46.4 Å². The van der Waals surface area contributed by atoms with Crippen LogP contribution in [0.2, 0.25) is 20.1 Å². The van der Waals surface area contributed by atoms with E-state index in [0.717, 1.165) is 0 Å². The van der Waals surface area contributed by atoms with Crippen LogP contribution in [0.25, 0.3) is 0 Å². The largest absolute Gasteiger partial charge is 0.461 e. The molecule has 1 atom stereocenters. The minimum atomic E-state index is -2.74. The van der Waals surface area contributed by atoms with Gasteiger partial charge in [0.25, 0.3) is 0 Å². The van der Waals surface area contributed by atoms with Gasteiger partial charge in [-0.2, -0.15) is 0 Å². The lowest BCUT2D eigenvalue weighted by molar-refractivity contribution is 0.103. The fraction of sp³-hybridized carbons (Fsp3) is 0.0909. The Balaban J connectivity index is 2.15. The normalized spacial score (nSPS) is 11.3. The van der Waals surface area contributed by atoms with Gasteiger partial charge in [0.1, 0.15) is 10.0 Å². The minimum Gasteiger partial charge on any atom is -0.288 e. The third-order valence-electron chi connectivity index (χ3n) is 4.59. The van der Waals surface area contributed by atoms with Gasteiger partial charge in [0, 0.05) is 5.56 Å². The maximum absolute atomic E-state index is 13.2. The summed E-state index contributed by atoms with van der Waals surface area (Å²) in [5.74, 6) is -0.489. The summed E-state index contributed by atoms with van der Waals surface area (Å²) in [5, 5.41) is -1.04. The van der Waals surface area contributed by atoms with Crippen LogP contribution < -0.4 is 5.30 Å². The minimum absolute atomic E-state index is 0.105. The average Bonchev–Trinajstić information content (AvgIpc) is 2.72. The van der Waals surface area contributed by atoms with Crippen molar-refractivity contribution in [2.45, 2.75) is 13.8 Å². The molecule has 0 heterocycles. The van der Waals surface area contributed by atoms with Crippen LogP contribution in [0, 0.1) is 13.8 Å². The molecule has 3 rings (SSSR count). The number of ketones is 1. The molecule has 3 nitrogen and oxygen atoms in total. The highest BCUT2D eigenvalue weighted by molar-refractivity contribution is 7.72. The van der Waals surface area contributed by atoms with Gasteiger partial charge in [-0.25, -0.2) is 4.79 Å². The maximum Gasteiger partial charge on any atom is 0.461 e. The molecule has 8 heteroatoms. The van der Waals surface area contributed by atoms with Crippen molar-refractivity contribution < 1.29 is 14.2 Å². The highest BCUT2D eigenvalue weighted by Gasteiger charge is 2.42. The molecule has 0 radical (unpaired) electrons. The molecule has 0 aliphatic heterocycles. The van der Waals surface area contributed by atoms with Gasteiger partial charge in [-0.3, -0.25) is 4.79 Å². The van der Waals surface area contributed by atoms with E-state index < -0.39 is 19.1 Å². The van der Waals surface area contributed by atoms with E-state index in [1.165, 1.54) is 0 Å². The van der Waals surface area contributed by atoms with Gasteiger partial charge in [0.15, 0.2) is 5.78 Å². The van der Waals surface area contributed by atoms with Gasteiger partial charge >= 0.3 is 13.3 Å². The molecule has 0 amide bonds. The smallest absolute Gasteiger partial charge is 0.288 e. The van der Waals surface area contributed by atoms with Gasteiger partial charge in [0.2, 0.25) is 5.30 Å². The number of hydrogen-bond donors (Lipinski definition) is 0. The number of benzene rings is 3. The first-order chi connectivity index (χ1) is 14.2. The number of rotatable bonds is 5. The molecule has 1 unspecified atom stereocenters. The van der Waals surface area contributed by atoms with Crippen LogP contribution in [0.5, 0.6) is 0 Å². The Bertz CT molecular complexity index is 1160. The zero-order valence-electron chi connectivity index (χ0n) is 15.8. The topological polar surface area (TPSA) is 51.2 Å². The first-order valence-electron chi connectivity index (χ1n) is 8.70. The number of carbonyl (C=O) groups excluding carboxylic acids is 2. The van der Waals surface area contributed by atoms with Crippen LogP contribution in [0.4, 0.5) is 0 Å². The number of hydrogen-bond acceptors (Lipinski definition) is 3. The van der Waals surface area contributed by atoms with Crippen LogP contribution in [-0.2, 0) is 4.57 Å². The quantitative estimate of drug-likeness (QED) is 0.208. The Kier molecular flexibility index (Phi) is 7.02. The Morgan fingerprint density at radius 3 is 1.70 bits per heavy atom. The molecule has 30 heavy (non-hydrogen) atoms. The molecule has 0 aliphatic carbocycles. The van der Waals surface area contributed by atoms with E-state index in [2.05, 4.69) is 0 Å². The SMILES string of the molecule is Cc1cccc(C)c1C(=O)[P+](=O)c1c(Cl)c(Cl)c(C(=O)c2ccccc2)c(Cl)c1Cl. The molecule has 0 fully saturated rings. The molecule has 0 saturated carbocycles. The van der Waals surface area contributed by atoms with E-state index in [1.54, 1.807) is 62.4 Å². The van der Waals surface area contributed by atoms with Gasteiger partial charge in [0.05, 0.1) is 21.2 Å². The molecule has 0 aromatic heterocycles. The third kappa shape index (κ3) is 4.06. The predicted octanol–water partition coefficient (Wildman–Crippen LogP) is 7.44. The van der Waals surface area contributed by atoms with Crippen molar-refractivity contribution in [3.8, 4) is 0 Å². The summed E-state index contributed by atoms with van der Waals surface area (Å²) < 4.78 is 13.2. The fourth-order valence-electron chi connectivity index (χ4n) is 3.09. The van der Waals surface area contributed by atoms with Gasteiger partial charge in [-0.15, -0.1) is 0 Å². The first kappa shape index (κ1) is 22.9. The molecular weight excluding hydrogens is 485 g/mol. The summed E-state index contributed by atoms with van der Waals surface area (Å²) in [5.41, 5.74) is 1.25. The lowest BCUT2D eigenvalue weighted by Crippen LogP contribution is -2.14. The molecule has 0 bridgehead atoms. The summed E-state index contributed by atoms with van der Waals surface area (Å²) in [4.78, 5) is 25.9. The van der Waals surface area contributed by atoms with E-state index in [0.29, 0.717) is 22.3 Å². The lowest BCUT2D eigenvalue weighted by atomic mass is 10.0. The Morgan fingerprint density at radius 1 is 0.700 bits per heavy atom. The second-order valence-electron chi connectivity index (χ2n) is 6.54. The monoisotopic (exact) mass is 497 g/mol. The summed E-state index contributed by atoms with van der Waals surface area (Å²) >= 11 is 25.4. The summed E-state index contributed by atoms with van der Waals surface area (Å²) in [6.07, 6.45) is 0. The van der Waals surface area contributed by atoms with Crippen molar-refractivity contribution in [2.24, 2.45) is 0 Å². The van der Waals surface area contributed by atoms with Crippen molar-refractivity contribution in [3.05, 3.63) is 96.4 Å². The number of carbonyl (C=O) groups is 2. The number of halogens is 4. The summed E-state index contributed by atoms with van der Waals surface area (Å²) in [7, 11) is -2.74. The molecule has 152 valence electrons. The Morgan fingerprint density at radius 2 is 1.20 bits per heavy atom. The van der Waals surface area contributed by atoms with Crippen LogP contribution in [0.1, 0.15) is 37.4 Å². The van der Waals surface area contributed by atoms with E-state index in [9.17, 15) is 14.2 Å². The number of aryl methyl sites for hydroxylation is 2. The molecule has 3 aromatic carbocycles. The maximum atomic E-state index is 13.2. The highest BCUT2D eigenvalue weighted by atomic mass is 35.5. The molecule has 0 spiro atoms. The standard InChI is InChI=1S/C22H14Cl4O3P/c1-11-7-6-8-12(2)14(11)22(28)30(29)21-18(25)16(23)15(17(24)19(21)26)20(27)13-9-4-3-5-10-13/h3-10H,1-2H3/q+1. The van der Waals surface area contributed by atoms with Crippen LogP contribution in [-0.4, -0.2) is 11.3 Å². The highest BCUT2D eigenvalue weighted by Crippen LogP contribution is 2.43. The zero-order valence-corrected chi connectivity index (χ0v) is 19.7. The summed E-state index contributed by atoms with van der Waals surface area (Å²) in [6, 6.07) is 13.6. The van der Waals surface area contributed by atoms with Crippen LogP contribution >= 0.6 is 54.2 Å². The van der Waals surface area contributed by atoms with Crippen molar-refractivity contribution in [3.63, 3.8) is 0 Å². The van der Waals surface area contributed by atoms with Crippen molar-refractivity contribution in [1.82, 2.24) is 0 Å². The first-order valence-corrected chi connectivity index (χ1v) is 11.5. The van der Waals surface area contributed by atoms with Crippen molar-refractivity contribution >= 4 is 70.8 Å². The molecule has 3 aromatic rings. The second-order valence-corrected chi connectivity index (χ2v) is 9.50. The van der Waals surface area contributed by atoms with Gasteiger partial charge < -0.3 is 0 Å². The van der Waals surface area contributed by atoms with Crippen LogP contribution in [0.3, 0.4) is 0 Å². The average molecular weight is 499 g/mol. The summed E-state index contributed by atoms with van der Waals surface area (Å²) in [6.45, 7) is 3.49. The van der Waals surface area contributed by atoms with Crippen molar-refractivity contribution in [1.29, 1.82) is 0 Å². The van der Waals surface area contributed by atoms with Crippen LogP contribution in [0.15, 0.2) is 48.5 Å². The lowest BCUT2D eigenvalue weighted by Gasteiger charge is -2.10. The van der Waals surface area contributed by atoms with Gasteiger partial charge in [-0.1, -0.05) is 99.5 Å². The third-order valence-corrected chi connectivity index (χ3v) is 8.00. The Labute approximate surface area is 194 Å². The zero-order chi connectivity index (χ0) is 22.2. The second kappa shape index (κ2) is 9.18. The molecular formula is C22H14Cl4O3P+. The molecule has 0 aliphatic rings. The fourth-order valence-corrected chi connectivity index (χ4v) is 6.04.